The minimum atomic E-state index is -0.133. The highest BCUT2D eigenvalue weighted by atomic mass is 32.1. The van der Waals surface area contributed by atoms with E-state index in [2.05, 4.69) is 15.0 Å². The van der Waals surface area contributed by atoms with Gasteiger partial charge in [0.15, 0.2) is 5.76 Å². The van der Waals surface area contributed by atoms with Gasteiger partial charge < -0.3 is 15.1 Å². The van der Waals surface area contributed by atoms with Crippen LogP contribution in [0.1, 0.15) is 29.8 Å². The Labute approximate surface area is 155 Å². The first-order valence-corrected chi connectivity index (χ1v) is 9.72. The SMILES string of the molecule is O=C(NC1CC2CCC1N2)c1ccc(-c2ccccc2-c2ccns2)o1. The molecule has 2 saturated heterocycles. The lowest BCUT2D eigenvalue weighted by Gasteiger charge is -2.20. The molecule has 132 valence electrons. The van der Waals surface area contributed by atoms with Gasteiger partial charge in [-0.15, -0.1) is 0 Å². The predicted octanol–water partition coefficient (Wildman–Crippen LogP) is 3.69. The number of carbonyl (C=O) groups excluding carboxylic acids is 1. The fourth-order valence-electron chi connectivity index (χ4n) is 4.10. The molecule has 1 amide bonds. The van der Waals surface area contributed by atoms with Crippen molar-refractivity contribution in [3.8, 4) is 21.8 Å². The van der Waals surface area contributed by atoms with E-state index in [1.165, 1.54) is 18.0 Å². The Hall–Kier alpha value is -2.44. The molecule has 2 fully saturated rings. The monoisotopic (exact) mass is 365 g/mol. The van der Waals surface area contributed by atoms with Gasteiger partial charge in [-0.05, 0) is 49.0 Å². The molecule has 3 atom stereocenters. The third-order valence-electron chi connectivity index (χ3n) is 5.34. The van der Waals surface area contributed by atoms with Gasteiger partial charge in [0.25, 0.3) is 5.91 Å². The Bertz CT molecular complexity index is 934. The average molecular weight is 365 g/mol. The molecule has 4 heterocycles. The third-order valence-corrected chi connectivity index (χ3v) is 6.12. The average Bonchev–Trinajstić information content (AvgIpc) is 3.46. The molecule has 5 nitrogen and oxygen atoms in total. The van der Waals surface area contributed by atoms with E-state index in [1.54, 1.807) is 12.3 Å². The summed E-state index contributed by atoms with van der Waals surface area (Å²) in [5, 5.41) is 6.67. The van der Waals surface area contributed by atoms with Gasteiger partial charge in [0, 0.05) is 35.4 Å². The second kappa shape index (κ2) is 6.37. The summed E-state index contributed by atoms with van der Waals surface area (Å²) in [4.78, 5) is 13.7. The summed E-state index contributed by atoms with van der Waals surface area (Å²) in [7, 11) is 0. The second-order valence-electron chi connectivity index (χ2n) is 6.95. The fraction of sp³-hybridized carbons (Fsp3) is 0.300. The number of hydrogen-bond acceptors (Lipinski definition) is 5. The number of nitrogens with zero attached hydrogens (tertiary/aromatic N) is 1. The number of carbonyl (C=O) groups is 1. The van der Waals surface area contributed by atoms with E-state index in [0.29, 0.717) is 23.6 Å². The molecule has 3 unspecified atom stereocenters. The zero-order valence-corrected chi connectivity index (χ0v) is 15.0. The maximum absolute atomic E-state index is 12.6. The summed E-state index contributed by atoms with van der Waals surface area (Å²) >= 11 is 1.45. The van der Waals surface area contributed by atoms with Crippen LogP contribution in [0.3, 0.4) is 0 Å². The highest BCUT2D eigenvalue weighted by Gasteiger charge is 2.40. The van der Waals surface area contributed by atoms with E-state index in [9.17, 15) is 4.79 Å². The van der Waals surface area contributed by atoms with Crippen molar-refractivity contribution in [3.63, 3.8) is 0 Å². The molecule has 2 aromatic heterocycles. The quantitative estimate of drug-likeness (QED) is 0.740. The topological polar surface area (TPSA) is 67.2 Å². The molecule has 0 saturated carbocycles. The minimum absolute atomic E-state index is 0.133. The van der Waals surface area contributed by atoms with Crippen molar-refractivity contribution in [1.29, 1.82) is 0 Å². The van der Waals surface area contributed by atoms with Crippen LogP contribution in [0.25, 0.3) is 21.8 Å². The maximum atomic E-state index is 12.6. The lowest BCUT2D eigenvalue weighted by molar-refractivity contribution is 0.0903. The molecule has 1 aromatic carbocycles. The van der Waals surface area contributed by atoms with Gasteiger partial charge in [0.1, 0.15) is 5.76 Å². The highest BCUT2D eigenvalue weighted by Crippen LogP contribution is 2.35. The summed E-state index contributed by atoms with van der Waals surface area (Å²) in [5.41, 5.74) is 2.03. The van der Waals surface area contributed by atoms with Crippen molar-refractivity contribution in [2.45, 2.75) is 37.4 Å². The Morgan fingerprint density at radius 3 is 2.77 bits per heavy atom. The molecule has 6 heteroatoms. The predicted molar refractivity (Wildman–Crippen MR) is 101 cm³/mol. The van der Waals surface area contributed by atoms with Crippen molar-refractivity contribution >= 4 is 17.4 Å². The first kappa shape index (κ1) is 15.8. The van der Waals surface area contributed by atoms with Gasteiger partial charge in [-0.3, -0.25) is 4.79 Å². The summed E-state index contributed by atoms with van der Waals surface area (Å²) < 4.78 is 10.1. The smallest absolute Gasteiger partial charge is 0.287 e. The molecule has 0 spiro atoms. The van der Waals surface area contributed by atoms with Crippen LogP contribution in [0.15, 0.2) is 53.1 Å². The summed E-state index contributed by atoms with van der Waals surface area (Å²) in [6, 6.07) is 14.8. The fourth-order valence-corrected chi connectivity index (χ4v) is 4.73. The largest absolute Gasteiger partial charge is 0.451 e. The number of amides is 1. The number of hydrogen-bond donors (Lipinski definition) is 2. The number of fused-ring (bicyclic) bond motifs is 2. The minimum Gasteiger partial charge on any atom is -0.451 e. The lowest BCUT2D eigenvalue weighted by Crippen LogP contribution is -2.42. The molecule has 2 aliphatic rings. The van der Waals surface area contributed by atoms with Gasteiger partial charge in [-0.1, -0.05) is 24.3 Å². The van der Waals surface area contributed by atoms with E-state index in [4.69, 9.17) is 4.42 Å². The molecule has 3 aromatic rings. The van der Waals surface area contributed by atoms with Crippen molar-refractivity contribution < 1.29 is 9.21 Å². The van der Waals surface area contributed by atoms with E-state index in [-0.39, 0.29) is 11.9 Å². The van der Waals surface area contributed by atoms with Gasteiger partial charge in [-0.2, -0.15) is 0 Å². The van der Waals surface area contributed by atoms with E-state index in [1.807, 2.05) is 36.4 Å². The zero-order valence-electron chi connectivity index (χ0n) is 14.1. The Morgan fingerprint density at radius 1 is 1.15 bits per heavy atom. The van der Waals surface area contributed by atoms with Crippen LogP contribution in [0.4, 0.5) is 0 Å². The molecular formula is C20H19N3O2S. The molecular weight excluding hydrogens is 346 g/mol. The van der Waals surface area contributed by atoms with Crippen LogP contribution in [0, 0.1) is 0 Å². The zero-order chi connectivity index (χ0) is 17.5. The second-order valence-corrected chi connectivity index (χ2v) is 7.78. The Kier molecular flexibility index (Phi) is 3.87. The molecule has 26 heavy (non-hydrogen) atoms. The molecule has 2 aliphatic heterocycles. The molecule has 2 N–H and O–H groups in total. The highest BCUT2D eigenvalue weighted by molar-refractivity contribution is 7.09. The van der Waals surface area contributed by atoms with Crippen molar-refractivity contribution in [1.82, 2.24) is 15.0 Å². The normalized spacial score (nSPS) is 24.1. The van der Waals surface area contributed by atoms with Crippen LogP contribution in [-0.2, 0) is 0 Å². The van der Waals surface area contributed by atoms with E-state index >= 15 is 0 Å². The molecule has 0 radical (unpaired) electrons. The molecule has 2 bridgehead atoms. The first-order valence-electron chi connectivity index (χ1n) is 8.95. The number of rotatable bonds is 4. The summed E-state index contributed by atoms with van der Waals surface area (Å²) in [6.07, 6.45) is 5.16. The van der Waals surface area contributed by atoms with Crippen LogP contribution in [0.5, 0.6) is 0 Å². The third kappa shape index (κ3) is 2.75. The maximum Gasteiger partial charge on any atom is 0.287 e. The first-order chi connectivity index (χ1) is 12.8. The number of aromatic nitrogens is 1. The van der Waals surface area contributed by atoms with Gasteiger partial charge in [0.2, 0.25) is 0 Å². The van der Waals surface area contributed by atoms with Gasteiger partial charge in [0.05, 0.1) is 4.88 Å². The summed E-state index contributed by atoms with van der Waals surface area (Å²) in [6.45, 7) is 0. The van der Waals surface area contributed by atoms with E-state index < -0.39 is 0 Å². The molecule has 0 aliphatic carbocycles. The summed E-state index contributed by atoms with van der Waals surface area (Å²) in [5.74, 6) is 0.929. The van der Waals surface area contributed by atoms with Crippen molar-refractivity contribution in [2.75, 3.05) is 0 Å². The van der Waals surface area contributed by atoms with Crippen LogP contribution in [0.2, 0.25) is 0 Å². The number of benzene rings is 1. The van der Waals surface area contributed by atoms with Crippen LogP contribution in [-0.4, -0.2) is 28.4 Å². The van der Waals surface area contributed by atoms with Crippen molar-refractivity contribution in [3.05, 3.63) is 54.4 Å². The molecule has 5 rings (SSSR count). The van der Waals surface area contributed by atoms with Gasteiger partial charge >= 0.3 is 0 Å². The van der Waals surface area contributed by atoms with Crippen LogP contribution < -0.4 is 10.6 Å². The van der Waals surface area contributed by atoms with Crippen molar-refractivity contribution in [2.24, 2.45) is 0 Å². The lowest BCUT2D eigenvalue weighted by atomic mass is 9.95. The Morgan fingerprint density at radius 2 is 2.04 bits per heavy atom. The Balaban J connectivity index is 1.38. The standard InChI is InChI=1S/C20H19N3O2S/c24-20(23-16-11-12-5-6-15(16)22-12)18-8-7-17(25-18)13-3-1-2-4-14(13)19-9-10-21-26-19/h1-4,7-10,12,15-16,22H,5-6,11H2,(H,23,24). The van der Waals surface area contributed by atoms with Crippen LogP contribution >= 0.6 is 11.5 Å². The number of nitrogens with one attached hydrogen (secondary N) is 2. The number of furan rings is 1. The van der Waals surface area contributed by atoms with Gasteiger partial charge in [-0.25, -0.2) is 4.37 Å². The van der Waals surface area contributed by atoms with E-state index in [0.717, 1.165) is 28.8 Å².